The maximum absolute atomic E-state index is 5.72. The maximum atomic E-state index is 5.72. The van der Waals surface area contributed by atoms with Gasteiger partial charge in [0, 0.05) is 12.2 Å². The first-order valence-corrected chi connectivity index (χ1v) is 7.45. The second kappa shape index (κ2) is 7.39. The van der Waals surface area contributed by atoms with Gasteiger partial charge in [0.2, 0.25) is 0 Å². The molecule has 1 aromatic rings. The number of hydrogen-bond acceptors (Lipinski definition) is 3. The molecule has 1 fully saturated rings. The van der Waals surface area contributed by atoms with Gasteiger partial charge in [0.05, 0.1) is 6.61 Å². The molecule has 2 N–H and O–H groups in total. The van der Waals surface area contributed by atoms with Crippen LogP contribution in [0.25, 0.3) is 0 Å². The zero-order valence-electron chi connectivity index (χ0n) is 12.0. The molecule has 1 aromatic carbocycles. The van der Waals surface area contributed by atoms with E-state index in [2.05, 4.69) is 11.8 Å². The third-order valence-electron chi connectivity index (χ3n) is 3.88. The molecule has 0 spiro atoms. The maximum Gasteiger partial charge on any atom is 0.119 e. The van der Waals surface area contributed by atoms with Crippen LogP contribution in [-0.4, -0.2) is 31.1 Å². The molecule has 3 nitrogen and oxygen atoms in total. The van der Waals surface area contributed by atoms with E-state index in [1.165, 1.54) is 32.4 Å². The molecule has 0 aromatic heterocycles. The van der Waals surface area contributed by atoms with Crippen molar-refractivity contribution in [1.29, 1.82) is 0 Å². The van der Waals surface area contributed by atoms with E-state index in [0.717, 1.165) is 36.9 Å². The second-order valence-electron chi connectivity index (χ2n) is 5.65. The van der Waals surface area contributed by atoms with E-state index in [9.17, 15) is 0 Å². The highest BCUT2D eigenvalue weighted by molar-refractivity contribution is 5.41. The van der Waals surface area contributed by atoms with E-state index in [1.807, 2.05) is 24.3 Å². The van der Waals surface area contributed by atoms with Gasteiger partial charge in [-0.1, -0.05) is 6.92 Å². The van der Waals surface area contributed by atoms with Gasteiger partial charge in [0.25, 0.3) is 0 Å². The highest BCUT2D eigenvalue weighted by Gasteiger charge is 2.12. The molecule has 1 aliphatic heterocycles. The van der Waals surface area contributed by atoms with E-state index in [0.29, 0.717) is 0 Å². The molecule has 19 heavy (non-hydrogen) atoms. The van der Waals surface area contributed by atoms with Gasteiger partial charge in [-0.25, -0.2) is 0 Å². The highest BCUT2D eigenvalue weighted by Crippen LogP contribution is 2.17. The van der Waals surface area contributed by atoms with Crippen LogP contribution >= 0.6 is 0 Å². The van der Waals surface area contributed by atoms with Crippen molar-refractivity contribution in [3.8, 4) is 5.75 Å². The average Bonchev–Trinajstić information content (AvgIpc) is 2.62. The van der Waals surface area contributed by atoms with Crippen LogP contribution in [0.3, 0.4) is 0 Å². The number of benzene rings is 1. The number of hydrogen-bond donors (Lipinski definition) is 1. The van der Waals surface area contributed by atoms with Gasteiger partial charge in [-0.05, 0) is 69.0 Å². The number of ether oxygens (including phenoxy) is 1. The quantitative estimate of drug-likeness (QED) is 0.654. The first-order valence-electron chi connectivity index (χ1n) is 7.45. The first kappa shape index (κ1) is 14.2. The standard InChI is InChI=1S/C16H26N2O/c1-14-4-2-10-18(12-9-14)11-3-13-19-16-7-5-15(17)6-8-16/h5-8,14H,2-4,9-13,17H2,1H3. The van der Waals surface area contributed by atoms with Crippen molar-refractivity contribution in [1.82, 2.24) is 4.90 Å². The summed E-state index contributed by atoms with van der Waals surface area (Å²) in [4.78, 5) is 2.58. The minimum absolute atomic E-state index is 0.783. The van der Waals surface area contributed by atoms with Gasteiger partial charge >= 0.3 is 0 Å². The van der Waals surface area contributed by atoms with Crippen LogP contribution in [0.4, 0.5) is 5.69 Å². The molecule has 1 atom stereocenters. The van der Waals surface area contributed by atoms with Gasteiger partial charge in [-0.3, -0.25) is 0 Å². The van der Waals surface area contributed by atoms with Crippen LogP contribution < -0.4 is 10.5 Å². The first-order chi connectivity index (χ1) is 9.24. The molecule has 2 rings (SSSR count). The number of rotatable bonds is 5. The summed E-state index contributed by atoms with van der Waals surface area (Å²) in [6.07, 6.45) is 5.18. The monoisotopic (exact) mass is 262 g/mol. The molecule has 3 heteroatoms. The molecule has 0 saturated carbocycles. The molecular weight excluding hydrogens is 236 g/mol. The fraction of sp³-hybridized carbons (Fsp3) is 0.625. The summed E-state index contributed by atoms with van der Waals surface area (Å²) in [6.45, 7) is 6.82. The van der Waals surface area contributed by atoms with Crippen LogP contribution in [0.1, 0.15) is 32.6 Å². The zero-order valence-corrected chi connectivity index (χ0v) is 12.0. The summed E-state index contributed by atoms with van der Waals surface area (Å²) in [5.74, 6) is 1.81. The van der Waals surface area contributed by atoms with Gasteiger partial charge in [-0.15, -0.1) is 0 Å². The van der Waals surface area contributed by atoms with Crippen LogP contribution in [0.2, 0.25) is 0 Å². The van der Waals surface area contributed by atoms with Crippen molar-refractivity contribution >= 4 is 5.69 Å². The molecule has 0 bridgehead atoms. The summed E-state index contributed by atoms with van der Waals surface area (Å²) >= 11 is 0. The van der Waals surface area contributed by atoms with Gasteiger partial charge in [0.15, 0.2) is 0 Å². The lowest BCUT2D eigenvalue weighted by atomic mass is 10.0. The number of likely N-dealkylation sites (tertiary alicyclic amines) is 1. The van der Waals surface area contributed by atoms with E-state index in [-0.39, 0.29) is 0 Å². The van der Waals surface area contributed by atoms with E-state index in [1.54, 1.807) is 0 Å². The normalized spacial score (nSPS) is 21.0. The molecule has 0 radical (unpaired) electrons. The third-order valence-corrected chi connectivity index (χ3v) is 3.88. The Morgan fingerprint density at radius 3 is 2.79 bits per heavy atom. The predicted octanol–water partition coefficient (Wildman–Crippen LogP) is 3.16. The smallest absolute Gasteiger partial charge is 0.119 e. The molecule has 1 aliphatic rings. The van der Waals surface area contributed by atoms with Crippen molar-refractivity contribution in [3.63, 3.8) is 0 Å². The molecule has 1 heterocycles. The number of anilines is 1. The largest absolute Gasteiger partial charge is 0.494 e. The molecule has 0 aliphatic carbocycles. The van der Waals surface area contributed by atoms with E-state index < -0.39 is 0 Å². The van der Waals surface area contributed by atoms with Crippen molar-refractivity contribution in [2.75, 3.05) is 32.0 Å². The van der Waals surface area contributed by atoms with Crippen LogP contribution in [0, 0.1) is 5.92 Å². The Kier molecular flexibility index (Phi) is 5.52. The average molecular weight is 262 g/mol. The fourth-order valence-electron chi connectivity index (χ4n) is 2.59. The number of nitrogens with zero attached hydrogens (tertiary/aromatic N) is 1. The SMILES string of the molecule is CC1CCCN(CCCOc2ccc(N)cc2)CC1. The highest BCUT2D eigenvalue weighted by atomic mass is 16.5. The van der Waals surface area contributed by atoms with Crippen molar-refractivity contribution in [2.24, 2.45) is 5.92 Å². The summed E-state index contributed by atoms with van der Waals surface area (Å²) in [6, 6.07) is 7.63. The Bertz CT molecular complexity index is 364. The lowest BCUT2D eigenvalue weighted by Crippen LogP contribution is -2.27. The molecular formula is C16H26N2O. The van der Waals surface area contributed by atoms with Gasteiger partial charge in [-0.2, -0.15) is 0 Å². The van der Waals surface area contributed by atoms with Crippen LogP contribution in [-0.2, 0) is 0 Å². The third kappa shape index (κ3) is 5.11. The molecule has 0 amide bonds. The summed E-state index contributed by atoms with van der Waals surface area (Å²) < 4.78 is 5.72. The van der Waals surface area contributed by atoms with Crippen molar-refractivity contribution in [3.05, 3.63) is 24.3 Å². The van der Waals surface area contributed by atoms with E-state index in [4.69, 9.17) is 10.5 Å². The Morgan fingerprint density at radius 1 is 1.21 bits per heavy atom. The summed E-state index contributed by atoms with van der Waals surface area (Å²) in [7, 11) is 0. The second-order valence-corrected chi connectivity index (χ2v) is 5.65. The van der Waals surface area contributed by atoms with Crippen molar-refractivity contribution in [2.45, 2.75) is 32.6 Å². The molecule has 1 saturated heterocycles. The Hall–Kier alpha value is -1.22. The van der Waals surface area contributed by atoms with Crippen LogP contribution in [0.5, 0.6) is 5.75 Å². The van der Waals surface area contributed by atoms with Gasteiger partial charge < -0.3 is 15.4 Å². The lowest BCUT2D eigenvalue weighted by molar-refractivity contribution is 0.238. The lowest BCUT2D eigenvalue weighted by Gasteiger charge is -2.19. The Morgan fingerprint density at radius 2 is 2.00 bits per heavy atom. The number of nitrogen functional groups attached to an aromatic ring is 1. The number of nitrogens with two attached hydrogens (primary N) is 1. The van der Waals surface area contributed by atoms with E-state index >= 15 is 0 Å². The Labute approximate surface area is 116 Å². The zero-order chi connectivity index (χ0) is 13.5. The Balaban J connectivity index is 1.62. The fourth-order valence-corrected chi connectivity index (χ4v) is 2.59. The van der Waals surface area contributed by atoms with Crippen molar-refractivity contribution < 1.29 is 4.74 Å². The van der Waals surface area contributed by atoms with Crippen LogP contribution in [0.15, 0.2) is 24.3 Å². The molecule has 106 valence electrons. The van der Waals surface area contributed by atoms with Gasteiger partial charge in [0.1, 0.15) is 5.75 Å². The minimum atomic E-state index is 0.783. The summed E-state index contributed by atoms with van der Waals surface area (Å²) in [5.41, 5.74) is 6.43. The predicted molar refractivity (Wildman–Crippen MR) is 80.4 cm³/mol. The minimum Gasteiger partial charge on any atom is -0.494 e. The topological polar surface area (TPSA) is 38.5 Å². The molecule has 1 unspecified atom stereocenters. The summed E-state index contributed by atoms with van der Waals surface area (Å²) in [5, 5.41) is 0.